The molecule has 3 rings (SSSR count). The number of aromatic nitrogens is 2. The third-order valence-corrected chi connectivity index (χ3v) is 3.60. The number of amides is 1. The van der Waals surface area contributed by atoms with Gasteiger partial charge in [-0.1, -0.05) is 0 Å². The summed E-state index contributed by atoms with van der Waals surface area (Å²) in [6.45, 7) is 3.43. The first-order valence-corrected chi connectivity index (χ1v) is 6.96. The molecule has 118 valence electrons. The molecule has 1 saturated heterocycles. The highest BCUT2D eigenvalue weighted by Crippen LogP contribution is 2.19. The SMILES string of the molecule is Cc1cnn(-c2ccc(NC(=O)C3CCNC3)cc2F)c1.Cl. The Labute approximate surface area is 134 Å². The highest BCUT2D eigenvalue weighted by atomic mass is 35.5. The van der Waals surface area contributed by atoms with Crippen LogP contribution in [0.15, 0.2) is 30.6 Å². The minimum atomic E-state index is -0.416. The molecule has 2 heterocycles. The molecule has 1 atom stereocenters. The van der Waals surface area contributed by atoms with Gasteiger partial charge in [0, 0.05) is 18.4 Å². The summed E-state index contributed by atoms with van der Waals surface area (Å²) in [5, 5.41) is 9.98. The molecule has 22 heavy (non-hydrogen) atoms. The maximum Gasteiger partial charge on any atom is 0.228 e. The Bertz CT molecular complexity index is 667. The molecule has 0 spiro atoms. The summed E-state index contributed by atoms with van der Waals surface area (Å²) in [4.78, 5) is 12.0. The second-order valence-corrected chi connectivity index (χ2v) is 5.31. The van der Waals surface area contributed by atoms with E-state index in [0.29, 0.717) is 17.9 Å². The molecule has 7 heteroatoms. The fourth-order valence-corrected chi connectivity index (χ4v) is 2.44. The van der Waals surface area contributed by atoms with Crippen molar-refractivity contribution in [2.45, 2.75) is 13.3 Å². The summed E-state index contributed by atoms with van der Waals surface area (Å²) in [6.07, 6.45) is 4.24. The molecule has 2 N–H and O–H groups in total. The minimum absolute atomic E-state index is 0. The van der Waals surface area contributed by atoms with E-state index >= 15 is 0 Å². The van der Waals surface area contributed by atoms with Gasteiger partial charge in [-0.05, 0) is 43.7 Å². The Balaban J connectivity index is 0.00000176. The van der Waals surface area contributed by atoms with Gasteiger partial charge in [-0.3, -0.25) is 4.79 Å². The summed E-state index contributed by atoms with van der Waals surface area (Å²) < 4.78 is 15.6. The van der Waals surface area contributed by atoms with Crippen LogP contribution in [0.2, 0.25) is 0 Å². The quantitative estimate of drug-likeness (QED) is 0.910. The Morgan fingerprint density at radius 1 is 1.50 bits per heavy atom. The number of carbonyl (C=O) groups is 1. The number of carbonyl (C=O) groups excluding carboxylic acids is 1. The molecule has 1 aromatic heterocycles. The number of rotatable bonds is 3. The van der Waals surface area contributed by atoms with Crippen molar-refractivity contribution in [3.63, 3.8) is 0 Å². The van der Waals surface area contributed by atoms with E-state index in [9.17, 15) is 9.18 Å². The molecule has 0 aliphatic carbocycles. The van der Waals surface area contributed by atoms with Crippen LogP contribution in [-0.2, 0) is 4.79 Å². The molecule has 1 unspecified atom stereocenters. The fraction of sp³-hybridized carbons (Fsp3) is 0.333. The lowest BCUT2D eigenvalue weighted by molar-refractivity contribution is -0.119. The number of anilines is 1. The number of hydrogen-bond donors (Lipinski definition) is 2. The van der Waals surface area contributed by atoms with Crippen molar-refractivity contribution in [1.29, 1.82) is 0 Å². The summed E-state index contributed by atoms with van der Waals surface area (Å²) in [7, 11) is 0. The van der Waals surface area contributed by atoms with E-state index in [0.717, 1.165) is 18.5 Å². The number of nitrogens with zero attached hydrogens (tertiary/aromatic N) is 2. The van der Waals surface area contributed by atoms with Gasteiger partial charge in [0.2, 0.25) is 5.91 Å². The number of nitrogens with one attached hydrogen (secondary N) is 2. The first kappa shape index (κ1) is 16.5. The van der Waals surface area contributed by atoms with Gasteiger partial charge < -0.3 is 10.6 Å². The van der Waals surface area contributed by atoms with Crippen LogP contribution in [0.4, 0.5) is 10.1 Å². The van der Waals surface area contributed by atoms with Crippen LogP contribution < -0.4 is 10.6 Å². The first-order chi connectivity index (χ1) is 10.1. The summed E-state index contributed by atoms with van der Waals surface area (Å²) in [5.41, 5.74) is 1.79. The van der Waals surface area contributed by atoms with Crippen molar-refractivity contribution in [1.82, 2.24) is 15.1 Å². The van der Waals surface area contributed by atoms with Gasteiger partial charge in [0.25, 0.3) is 0 Å². The van der Waals surface area contributed by atoms with Crippen molar-refractivity contribution in [2.75, 3.05) is 18.4 Å². The predicted octanol–water partition coefficient (Wildman–Crippen LogP) is 2.29. The Morgan fingerprint density at radius 2 is 2.32 bits per heavy atom. The second-order valence-electron chi connectivity index (χ2n) is 5.31. The molecule has 2 aromatic rings. The summed E-state index contributed by atoms with van der Waals surface area (Å²) in [6, 6.07) is 4.63. The standard InChI is InChI=1S/C15H17FN4O.ClH/c1-10-7-18-20(9-10)14-3-2-12(6-13(14)16)19-15(21)11-4-5-17-8-11;/h2-3,6-7,9,11,17H,4-5,8H2,1H3,(H,19,21);1H. The van der Waals surface area contributed by atoms with Gasteiger partial charge in [0.15, 0.2) is 5.82 Å². The zero-order valence-electron chi connectivity index (χ0n) is 12.2. The number of hydrogen-bond acceptors (Lipinski definition) is 3. The van der Waals surface area contributed by atoms with Crippen LogP contribution in [0.1, 0.15) is 12.0 Å². The highest BCUT2D eigenvalue weighted by molar-refractivity contribution is 5.93. The number of benzene rings is 1. The van der Waals surface area contributed by atoms with Crippen molar-refractivity contribution < 1.29 is 9.18 Å². The fourth-order valence-electron chi connectivity index (χ4n) is 2.44. The summed E-state index contributed by atoms with van der Waals surface area (Å²) >= 11 is 0. The Hall–Kier alpha value is -1.92. The third-order valence-electron chi connectivity index (χ3n) is 3.60. The molecule has 1 aliphatic heterocycles. The van der Waals surface area contributed by atoms with Crippen molar-refractivity contribution in [2.24, 2.45) is 5.92 Å². The molecule has 1 fully saturated rings. The van der Waals surface area contributed by atoms with Crippen LogP contribution >= 0.6 is 12.4 Å². The molecular weight excluding hydrogens is 307 g/mol. The Kier molecular flexibility index (Phi) is 5.15. The molecular formula is C15H18ClFN4O. The monoisotopic (exact) mass is 324 g/mol. The van der Waals surface area contributed by atoms with Crippen LogP contribution in [0.5, 0.6) is 0 Å². The smallest absolute Gasteiger partial charge is 0.228 e. The molecule has 0 radical (unpaired) electrons. The van der Waals surface area contributed by atoms with Gasteiger partial charge in [-0.2, -0.15) is 5.10 Å². The normalized spacial score (nSPS) is 17.1. The molecule has 5 nitrogen and oxygen atoms in total. The largest absolute Gasteiger partial charge is 0.326 e. The lowest BCUT2D eigenvalue weighted by Gasteiger charge is -2.11. The maximum absolute atomic E-state index is 14.1. The zero-order chi connectivity index (χ0) is 14.8. The average molecular weight is 325 g/mol. The van der Waals surface area contributed by atoms with Gasteiger partial charge in [-0.15, -0.1) is 12.4 Å². The van der Waals surface area contributed by atoms with Gasteiger partial charge in [0.05, 0.1) is 12.1 Å². The molecule has 1 aliphatic rings. The minimum Gasteiger partial charge on any atom is -0.326 e. The van der Waals surface area contributed by atoms with Crippen LogP contribution in [0.3, 0.4) is 0 Å². The topological polar surface area (TPSA) is 59.0 Å². The number of aryl methyl sites for hydroxylation is 1. The maximum atomic E-state index is 14.1. The summed E-state index contributed by atoms with van der Waals surface area (Å²) in [5.74, 6) is -0.524. The van der Waals surface area contributed by atoms with Crippen LogP contribution in [-0.4, -0.2) is 28.8 Å². The molecule has 1 aromatic carbocycles. The Morgan fingerprint density at radius 3 is 2.91 bits per heavy atom. The zero-order valence-corrected chi connectivity index (χ0v) is 13.0. The van der Waals surface area contributed by atoms with Crippen molar-refractivity contribution in [3.8, 4) is 5.69 Å². The van der Waals surface area contributed by atoms with E-state index in [4.69, 9.17) is 0 Å². The first-order valence-electron chi connectivity index (χ1n) is 6.96. The van der Waals surface area contributed by atoms with Gasteiger partial charge >= 0.3 is 0 Å². The van der Waals surface area contributed by atoms with E-state index in [1.165, 1.54) is 10.7 Å². The lowest BCUT2D eigenvalue weighted by atomic mass is 10.1. The van der Waals surface area contributed by atoms with Crippen molar-refractivity contribution in [3.05, 3.63) is 42.0 Å². The number of halogens is 2. The van der Waals surface area contributed by atoms with Gasteiger partial charge in [0.1, 0.15) is 5.69 Å². The predicted molar refractivity (Wildman–Crippen MR) is 85.1 cm³/mol. The van der Waals surface area contributed by atoms with Crippen LogP contribution in [0, 0.1) is 18.7 Å². The van der Waals surface area contributed by atoms with E-state index in [-0.39, 0.29) is 24.2 Å². The van der Waals surface area contributed by atoms with E-state index in [1.54, 1.807) is 24.5 Å². The highest BCUT2D eigenvalue weighted by Gasteiger charge is 2.22. The van der Waals surface area contributed by atoms with E-state index in [2.05, 4.69) is 15.7 Å². The molecule has 0 saturated carbocycles. The molecule has 0 bridgehead atoms. The van der Waals surface area contributed by atoms with Gasteiger partial charge in [-0.25, -0.2) is 9.07 Å². The second kappa shape index (κ2) is 6.89. The lowest BCUT2D eigenvalue weighted by Crippen LogP contribution is -2.24. The van der Waals surface area contributed by atoms with Crippen LogP contribution in [0.25, 0.3) is 5.69 Å². The van der Waals surface area contributed by atoms with Crippen molar-refractivity contribution >= 4 is 24.0 Å². The molecule has 1 amide bonds. The van der Waals surface area contributed by atoms with E-state index < -0.39 is 5.82 Å². The average Bonchev–Trinajstić information content (AvgIpc) is 3.10. The van der Waals surface area contributed by atoms with E-state index in [1.807, 2.05) is 6.92 Å². The third kappa shape index (κ3) is 3.45.